The van der Waals surface area contributed by atoms with Gasteiger partial charge in [0.25, 0.3) is 0 Å². The van der Waals surface area contributed by atoms with E-state index in [0.29, 0.717) is 6.29 Å². The second kappa shape index (κ2) is 3.91. The highest BCUT2D eigenvalue weighted by molar-refractivity contribution is 5.74. The SMILES string of the molecule is Cc1cc(C)c(C#CC=O)cc1C. The summed E-state index contributed by atoms with van der Waals surface area (Å²) in [7, 11) is 0. The lowest BCUT2D eigenvalue weighted by Gasteiger charge is -2.03. The van der Waals surface area contributed by atoms with Crippen molar-refractivity contribution in [1.29, 1.82) is 0 Å². The van der Waals surface area contributed by atoms with Gasteiger partial charge in [-0.1, -0.05) is 12.0 Å². The molecule has 0 aromatic heterocycles. The van der Waals surface area contributed by atoms with Crippen molar-refractivity contribution in [2.75, 3.05) is 0 Å². The number of carbonyl (C=O) groups is 1. The molecule has 66 valence electrons. The Hall–Kier alpha value is -1.55. The fourth-order valence-corrected chi connectivity index (χ4v) is 1.20. The Kier molecular flexibility index (Phi) is 2.87. The number of aryl methyl sites for hydroxylation is 3. The summed E-state index contributed by atoms with van der Waals surface area (Å²) in [6.45, 7) is 6.11. The molecule has 0 aliphatic carbocycles. The second-order valence-corrected chi connectivity index (χ2v) is 3.14. The van der Waals surface area contributed by atoms with Crippen LogP contribution in [0.4, 0.5) is 0 Å². The lowest BCUT2D eigenvalue weighted by molar-refractivity contribution is -0.103. The van der Waals surface area contributed by atoms with Gasteiger partial charge in [0.2, 0.25) is 0 Å². The predicted octanol–water partition coefficient (Wildman–Crippen LogP) is 2.16. The minimum Gasteiger partial charge on any atom is -0.289 e. The molecule has 0 heterocycles. The van der Waals surface area contributed by atoms with Gasteiger partial charge in [0.1, 0.15) is 0 Å². The molecule has 1 nitrogen and oxygen atoms in total. The summed E-state index contributed by atoms with van der Waals surface area (Å²) in [5.41, 5.74) is 4.53. The van der Waals surface area contributed by atoms with Crippen LogP contribution in [0.2, 0.25) is 0 Å². The van der Waals surface area contributed by atoms with Crippen LogP contribution in [0.1, 0.15) is 22.3 Å². The van der Waals surface area contributed by atoms with Gasteiger partial charge in [-0.2, -0.15) is 0 Å². The Labute approximate surface area is 78.8 Å². The van der Waals surface area contributed by atoms with E-state index in [0.717, 1.165) is 11.1 Å². The first-order valence-electron chi connectivity index (χ1n) is 4.18. The molecule has 0 aliphatic heterocycles. The lowest BCUT2D eigenvalue weighted by Crippen LogP contribution is -1.88. The Morgan fingerprint density at radius 2 is 1.69 bits per heavy atom. The molecule has 1 aromatic rings. The molecule has 0 radical (unpaired) electrons. The molecule has 1 aromatic carbocycles. The summed E-state index contributed by atoms with van der Waals surface area (Å²) in [6.07, 6.45) is 0.620. The molecule has 1 heteroatoms. The van der Waals surface area contributed by atoms with E-state index in [4.69, 9.17) is 0 Å². The van der Waals surface area contributed by atoms with E-state index >= 15 is 0 Å². The molecule has 0 saturated heterocycles. The maximum absolute atomic E-state index is 10.1. The first kappa shape index (κ1) is 9.54. The van der Waals surface area contributed by atoms with Crippen LogP contribution in [0.25, 0.3) is 0 Å². The lowest BCUT2D eigenvalue weighted by atomic mass is 10.0. The van der Waals surface area contributed by atoms with Gasteiger partial charge in [-0.05, 0) is 49.4 Å². The fraction of sp³-hybridized carbons (Fsp3) is 0.250. The van der Waals surface area contributed by atoms with E-state index in [1.54, 1.807) is 0 Å². The average molecular weight is 172 g/mol. The van der Waals surface area contributed by atoms with E-state index in [1.807, 2.05) is 19.9 Å². The third kappa shape index (κ3) is 2.19. The first-order valence-corrected chi connectivity index (χ1v) is 4.18. The standard InChI is InChI=1S/C12H12O/c1-9-7-11(3)12(5-4-6-13)8-10(9)2/h6-8H,1-3H3. The monoisotopic (exact) mass is 172 g/mol. The number of aldehydes is 1. The second-order valence-electron chi connectivity index (χ2n) is 3.14. The molecule has 0 saturated carbocycles. The van der Waals surface area contributed by atoms with Gasteiger partial charge >= 0.3 is 0 Å². The highest BCUT2D eigenvalue weighted by atomic mass is 16.1. The van der Waals surface area contributed by atoms with Crippen LogP contribution in [0.15, 0.2) is 12.1 Å². The van der Waals surface area contributed by atoms with E-state index < -0.39 is 0 Å². The third-order valence-electron chi connectivity index (χ3n) is 2.11. The van der Waals surface area contributed by atoms with Crippen LogP contribution >= 0.6 is 0 Å². The molecule has 0 amide bonds. The van der Waals surface area contributed by atoms with Crippen LogP contribution < -0.4 is 0 Å². The summed E-state index contributed by atoms with van der Waals surface area (Å²) < 4.78 is 0. The van der Waals surface area contributed by atoms with Crippen molar-refractivity contribution < 1.29 is 4.79 Å². The topological polar surface area (TPSA) is 17.1 Å². The predicted molar refractivity (Wildman–Crippen MR) is 53.6 cm³/mol. The number of carbonyl (C=O) groups excluding carboxylic acids is 1. The zero-order chi connectivity index (χ0) is 9.84. The molecular weight excluding hydrogens is 160 g/mol. The Bertz CT molecular complexity index is 392. The van der Waals surface area contributed by atoms with Gasteiger partial charge < -0.3 is 0 Å². The van der Waals surface area contributed by atoms with Gasteiger partial charge in [0.15, 0.2) is 6.29 Å². The van der Waals surface area contributed by atoms with Crippen molar-refractivity contribution in [1.82, 2.24) is 0 Å². The van der Waals surface area contributed by atoms with Crippen LogP contribution in [-0.4, -0.2) is 6.29 Å². The molecule has 0 aliphatic rings. The number of benzene rings is 1. The summed E-state index contributed by atoms with van der Waals surface area (Å²) >= 11 is 0. The van der Waals surface area contributed by atoms with Crippen LogP contribution in [0.5, 0.6) is 0 Å². The zero-order valence-electron chi connectivity index (χ0n) is 8.14. The summed E-state index contributed by atoms with van der Waals surface area (Å²) in [4.78, 5) is 10.1. The van der Waals surface area contributed by atoms with Gasteiger partial charge in [-0.25, -0.2) is 0 Å². The van der Waals surface area contributed by atoms with Crippen LogP contribution in [-0.2, 0) is 4.79 Å². The maximum Gasteiger partial charge on any atom is 0.193 e. The van der Waals surface area contributed by atoms with Crippen LogP contribution in [0, 0.1) is 32.6 Å². The number of hydrogen-bond donors (Lipinski definition) is 0. The van der Waals surface area contributed by atoms with Crippen molar-refractivity contribution in [3.05, 3.63) is 34.4 Å². The molecule has 0 bridgehead atoms. The van der Waals surface area contributed by atoms with E-state index in [2.05, 4.69) is 24.8 Å². The molecule has 1 rings (SSSR count). The quantitative estimate of drug-likeness (QED) is 0.433. The molecular formula is C12H12O. The molecule has 0 spiro atoms. The summed E-state index contributed by atoms with van der Waals surface area (Å²) in [6, 6.07) is 4.10. The maximum atomic E-state index is 10.1. The van der Waals surface area contributed by atoms with Gasteiger partial charge in [-0.3, -0.25) is 4.79 Å². The van der Waals surface area contributed by atoms with Gasteiger partial charge in [0.05, 0.1) is 0 Å². The van der Waals surface area contributed by atoms with Crippen LogP contribution in [0.3, 0.4) is 0 Å². The van der Waals surface area contributed by atoms with Gasteiger partial charge in [0, 0.05) is 5.56 Å². The van der Waals surface area contributed by atoms with E-state index in [-0.39, 0.29) is 0 Å². The highest BCUT2D eigenvalue weighted by Crippen LogP contribution is 2.13. The van der Waals surface area contributed by atoms with Crippen molar-refractivity contribution in [2.45, 2.75) is 20.8 Å². The summed E-state index contributed by atoms with van der Waals surface area (Å²) in [5.74, 6) is 5.23. The fourth-order valence-electron chi connectivity index (χ4n) is 1.20. The first-order chi connectivity index (χ1) is 6.15. The normalized spacial score (nSPS) is 8.85. The highest BCUT2D eigenvalue weighted by Gasteiger charge is 1.98. The number of hydrogen-bond acceptors (Lipinski definition) is 1. The largest absolute Gasteiger partial charge is 0.289 e. The third-order valence-corrected chi connectivity index (χ3v) is 2.11. The molecule has 13 heavy (non-hydrogen) atoms. The molecule has 0 fully saturated rings. The minimum absolute atomic E-state index is 0.620. The number of rotatable bonds is 0. The average Bonchev–Trinajstić information content (AvgIpc) is 2.09. The van der Waals surface area contributed by atoms with Crippen molar-refractivity contribution in [3.8, 4) is 11.8 Å². The van der Waals surface area contributed by atoms with Crippen molar-refractivity contribution in [2.24, 2.45) is 0 Å². The van der Waals surface area contributed by atoms with E-state index in [1.165, 1.54) is 11.1 Å². The van der Waals surface area contributed by atoms with Crippen molar-refractivity contribution >= 4 is 6.29 Å². The Balaban J connectivity index is 3.23. The summed E-state index contributed by atoms with van der Waals surface area (Å²) in [5, 5.41) is 0. The molecule has 0 atom stereocenters. The van der Waals surface area contributed by atoms with Gasteiger partial charge in [-0.15, -0.1) is 0 Å². The molecule has 0 N–H and O–H groups in total. The Morgan fingerprint density at radius 3 is 2.31 bits per heavy atom. The minimum atomic E-state index is 0.620. The smallest absolute Gasteiger partial charge is 0.193 e. The zero-order valence-corrected chi connectivity index (χ0v) is 8.14. The Morgan fingerprint density at radius 1 is 1.08 bits per heavy atom. The van der Waals surface area contributed by atoms with E-state index in [9.17, 15) is 4.79 Å². The molecule has 0 unspecified atom stereocenters. The van der Waals surface area contributed by atoms with Crippen molar-refractivity contribution in [3.63, 3.8) is 0 Å².